The van der Waals surface area contributed by atoms with Gasteiger partial charge in [0.1, 0.15) is 6.10 Å². The van der Waals surface area contributed by atoms with Crippen LogP contribution in [0.25, 0.3) is 16.6 Å². The van der Waals surface area contributed by atoms with Crippen LogP contribution < -0.4 is 5.73 Å². The fourth-order valence-corrected chi connectivity index (χ4v) is 4.81. The molecule has 1 fully saturated rings. The number of esters is 1. The Morgan fingerprint density at radius 2 is 1.81 bits per heavy atom. The third-order valence-electron chi connectivity index (χ3n) is 5.73. The molecular formula is C24H27N3O4S. The Kier molecular flexibility index (Phi) is 5.81. The van der Waals surface area contributed by atoms with Crippen molar-refractivity contribution >= 4 is 38.5 Å². The molecule has 8 heteroatoms. The van der Waals surface area contributed by atoms with Gasteiger partial charge < -0.3 is 10.5 Å². The maximum atomic E-state index is 12.9. The molecular weight excluding hydrogens is 426 g/mol. The molecule has 0 saturated heterocycles. The average Bonchev–Trinajstić information content (AvgIpc) is 3.54. The SMILES string of the molecule is CC(OC(=O)C=C(c1ccccc1)c1ccc2nc(N)n(S(=O)(=O)C(C)C)c2c1)C1CC1. The van der Waals surface area contributed by atoms with Crippen molar-refractivity contribution in [3.05, 3.63) is 65.7 Å². The van der Waals surface area contributed by atoms with E-state index < -0.39 is 21.2 Å². The van der Waals surface area contributed by atoms with E-state index >= 15 is 0 Å². The van der Waals surface area contributed by atoms with Crippen LogP contribution in [-0.2, 0) is 19.6 Å². The topological polar surface area (TPSA) is 104 Å². The summed E-state index contributed by atoms with van der Waals surface area (Å²) in [5, 5.41) is -0.672. The third kappa shape index (κ3) is 4.27. The largest absolute Gasteiger partial charge is 0.459 e. The fourth-order valence-electron chi connectivity index (χ4n) is 3.67. The number of fused-ring (bicyclic) bond motifs is 1. The van der Waals surface area contributed by atoms with Crippen molar-refractivity contribution in [1.82, 2.24) is 8.96 Å². The van der Waals surface area contributed by atoms with Gasteiger partial charge in [0, 0.05) is 6.08 Å². The zero-order chi connectivity index (χ0) is 23.0. The summed E-state index contributed by atoms with van der Waals surface area (Å²) in [5.41, 5.74) is 8.92. The molecule has 1 aliphatic rings. The van der Waals surface area contributed by atoms with E-state index in [0.29, 0.717) is 28.1 Å². The van der Waals surface area contributed by atoms with Crippen LogP contribution in [0.2, 0.25) is 0 Å². The van der Waals surface area contributed by atoms with Crippen LogP contribution in [0.5, 0.6) is 0 Å². The molecule has 1 heterocycles. The van der Waals surface area contributed by atoms with E-state index in [9.17, 15) is 13.2 Å². The fraction of sp³-hybridized carbons (Fsp3) is 0.333. The summed E-state index contributed by atoms with van der Waals surface area (Å²) in [7, 11) is -3.72. The van der Waals surface area contributed by atoms with Crippen molar-refractivity contribution in [2.45, 2.75) is 45.0 Å². The Balaban J connectivity index is 1.83. The second kappa shape index (κ2) is 8.43. The van der Waals surface area contributed by atoms with Gasteiger partial charge in [-0.05, 0) is 68.4 Å². The third-order valence-corrected chi connectivity index (χ3v) is 7.82. The molecule has 0 aliphatic heterocycles. The van der Waals surface area contributed by atoms with Crippen molar-refractivity contribution < 1.29 is 17.9 Å². The number of rotatable bonds is 7. The summed E-state index contributed by atoms with van der Waals surface area (Å²) in [4.78, 5) is 16.9. The summed E-state index contributed by atoms with van der Waals surface area (Å²) in [6.07, 6.45) is 3.50. The van der Waals surface area contributed by atoms with Crippen LogP contribution in [0.3, 0.4) is 0 Å². The van der Waals surface area contributed by atoms with E-state index in [2.05, 4.69) is 4.98 Å². The lowest BCUT2D eigenvalue weighted by atomic mass is 9.97. The number of nitrogens with two attached hydrogens (primary N) is 1. The minimum Gasteiger partial charge on any atom is -0.459 e. The zero-order valence-electron chi connectivity index (χ0n) is 18.4. The molecule has 32 heavy (non-hydrogen) atoms. The normalized spacial score (nSPS) is 15.8. The van der Waals surface area contributed by atoms with Gasteiger partial charge in [-0.3, -0.25) is 0 Å². The predicted molar refractivity (Wildman–Crippen MR) is 125 cm³/mol. The minimum atomic E-state index is -3.72. The van der Waals surface area contributed by atoms with Gasteiger partial charge >= 0.3 is 5.97 Å². The Bertz CT molecular complexity index is 1290. The van der Waals surface area contributed by atoms with Gasteiger partial charge in [0.15, 0.2) is 0 Å². The molecule has 1 atom stereocenters. The van der Waals surface area contributed by atoms with Gasteiger partial charge in [0.2, 0.25) is 16.0 Å². The van der Waals surface area contributed by atoms with E-state index in [1.165, 1.54) is 6.08 Å². The quantitative estimate of drug-likeness (QED) is 0.429. The van der Waals surface area contributed by atoms with Gasteiger partial charge in [-0.15, -0.1) is 0 Å². The summed E-state index contributed by atoms with van der Waals surface area (Å²) in [6, 6.07) is 14.7. The molecule has 7 nitrogen and oxygen atoms in total. The van der Waals surface area contributed by atoms with E-state index in [1.54, 1.807) is 32.0 Å². The molecule has 2 N–H and O–H groups in total. The number of nitrogens with zero attached hydrogens (tertiary/aromatic N) is 2. The Labute approximate surface area is 188 Å². The second-order valence-corrected chi connectivity index (χ2v) is 10.8. The zero-order valence-corrected chi connectivity index (χ0v) is 19.2. The van der Waals surface area contributed by atoms with Crippen molar-refractivity contribution in [3.63, 3.8) is 0 Å². The van der Waals surface area contributed by atoms with Crippen LogP contribution in [-0.4, -0.2) is 34.7 Å². The highest BCUT2D eigenvalue weighted by Gasteiger charge is 2.30. The molecule has 168 valence electrons. The molecule has 1 saturated carbocycles. The van der Waals surface area contributed by atoms with Crippen molar-refractivity contribution in [3.8, 4) is 0 Å². The van der Waals surface area contributed by atoms with Gasteiger partial charge in [0.25, 0.3) is 0 Å². The Hall–Kier alpha value is -3.13. The maximum Gasteiger partial charge on any atom is 0.331 e. The molecule has 4 rings (SSSR count). The predicted octanol–water partition coefficient (Wildman–Crippen LogP) is 3.98. The van der Waals surface area contributed by atoms with Crippen molar-refractivity contribution in [2.24, 2.45) is 5.92 Å². The first-order valence-corrected chi connectivity index (χ1v) is 12.2. The van der Waals surface area contributed by atoms with Crippen LogP contribution in [0.1, 0.15) is 44.7 Å². The second-order valence-electron chi connectivity index (χ2n) is 8.44. The molecule has 1 aliphatic carbocycles. The number of carbonyl (C=O) groups is 1. The summed E-state index contributed by atoms with van der Waals surface area (Å²) in [6.45, 7) is 5.10. The number of benzene rings is 2. The lowest BCUT2D eigenvalue weighted by molar-refractivity contribution is -0.143. The molecule has 3 aromatic rings. The van der Waals surface area contributed by atoms with E-state index in [-0.39, 0.29) is 12.1 Å². The van der Waals surface area contributed by atoms with E-state index in [0.717, 1.165) is 22.4 Å². The Morgan fingerprint density at radius 3 is 2.44 bits per heavy atom. The summed E-state index contributed by atoms with van der Waals surface area (Å²) >= 11 is 0. The number of anilines is 1. The monoisotopic (exact) mass is 453 g/mol. The number of hydrogen-bond acceptors (Lipinski definition) is 6. The van der Waals surface area contributed by atoms with Crippen LogP contribution in [0, 0.1) is 5.92 Å². The van der Waals surface area contributed by atoms with Gasteiger partial charge in [0.05, 0.1) is 16.3 Å². The van der Waals surface area contributed by atoms with Gasteiger partial charge in [-0.1, -0.05) is 36.4 Å². The molecule has 2 aromatic carbocycles. The number of imidazole rings is 1. The van der Waals surface area contributed by atoms with E-state index in [4.69, 9.17) is 10.5 Å². The highest BCUT2D eigenvalue weighted by Crippen LogP contribution is 2.34. The highest BCUT2D eigenvalue weighted by molar-refractivity contribution is 7.90. The summed E-state index contributed by atoms with van der Waals surface area (Å²) < 4.78 is 32.5. The van der Waals surface area contributed by atoms with Crippen LogP contribution in [0.4, 0.5) is 5.95 Å². The first-order chi connectivity index (χ1) is 15.2. The lowest BCUT2D eigenvalue weighted by Crippen LogP contribution is -2.23. The first kappa shape index (κ1) is 22.1. The highest BCUT2D eigenvalue weighted by atomic mass is 32.2. The molecule has 1 aromatic heterocycles. The van der Waals surface area contributed by atoms with Crippen LogP contribution >= 0.6 is 0 Å². The van der Waals surface area contributed by atoms with Crippen molar-refractivity contribution in [1.29, 1.82) is 0 Å². The van der Waals surface area contributed by atoms with Gasteiger partial charge in [-0.2, -0.15) is 0 Å². The van der Waals surface area contributed by atoms with Crippen LogP contribution in [0.15, 0.2) is 54.6 Å². The smallest absolute Gasteiger partial charge is 0.331 e. The number of nitrogen functional groups attached to an aromatic ring is 1. The minimum absolute atomic E-state index is 0.0891. The van der Waals surface area contributed by atoms with E-state index in [1.807, 2.05) is 37.3 Å². The number of carbonyl (C=O) groups excluding carboxylic acids is 1. The van der Waals surface area contributed by atoms with Gasteiger partial charge in [-0.25, -0.2) is 22.2 Å². The summed E-state index contributed by atoms with van der Waals surface area (Å²) in [5.74, 6) is -0.0811. The molecule has 0 bridgehead atoms. The molecule has 0 radical (unpaired) electrons. The number of ether oxygens (including phenoxy) is 1. The maximum absolute atomic E-state index is 12.9. The molecule has 0 amide bonds. The average molecular weight is 454 g/mol. The number of hydrogen-bond donors (Lipinski definition) is 1. The first-order valence-electron chi connectivity index (χ1n) is 10.7. The number of aromatic nitrogens is 2. The molecule has 1 unspecified atom stereocenters. The van der Waals surface area contributed by atoms with Crippen molar-refractivity contribution in [2.75, 3.05) is 5.73 Å². The lowest BCUT2D eigenvalue weighted by Gasteiger charge is -2.14. The Morgan fingerprint density at radius 1 is 1.12 bits per heavy atom. The molecule has 0 spiro atoms. The standard InChI is InChI=1S/C24H27N3O4S/c1-15(2)32(29,30)27-22-13-19(11-12-21(22)26-24(27)25)20(18-7-5-4-6-8-18)14-23(28)31-16(3)17-9-10-17/h4-8,11-17H,9-10H2,1-3H3,(H2,25,26).